The fourth-order valence-corrected chi connectivity index (χ4v) is 2.00. The Hall–Kier alpha value is -0.960. The van der Waals surface area contributed by atoms with Gasteiger partial charge in [0, 0.05) is 12.0 Å². The van der Waals surface area contributed by atoms with Crippen LogP contribution in [-0.2, 0) is 12.3 Å². The normalized spacial score (nSPS) is 13.9. The third kappa shape index (κ3) is 4.37. The van der Waals surface area contributed by atoms with E-state index in [-0.39, 0.29) is 17.9 Å². The standard InChI is InChI=1S/C15H23F2N/c1-11(2)9-15(16,17)14-6-4-13(5-7-14)8-12(3)10-18/h4-7,11-12H,8-10,18H2,1-3H3. The summed E-state index contributed by atoms with van der Waals surface area (Å²) in [5.74, 6) is -2.37. The maximum Gasteiger partial charge on any atom is 0.273 e. The van der Waals surface area contributed by atoms with Crippen molar-refractivity contribution in [3.8, 4) is 0 Å². The first-order valence-electron chi connectivity index (χ1n) is 6.52. The summed E-state index contributed by atoms with van der Waals surface area (Å²) in [6.07, 6.45) is 0.734. The first-order chi connectivity index (χ1) is 8.35. The molecule has 0 bridgehead atoms. The van der Waals surface area contributed by atoms with Crippen LogP contribution in [0.15, 0.2) is 24.3 Å². The quantitative estimate of drug-likeness (QED) is 0.818. The van der Waals surface area contributed by atoms with E-state index in [2.05, 4.69) is 6.92 Å². The van der Waals surface area contributed by atoms with Gasteiger partial charge in [0.25, 0.3) is 5.92 Å². The van der Waals surface area contributed by atoms with E-state index in [1.54, 1.807) is 24.3 Å². The molecule has 1 rings (SSSR count). The monoisotopic (exact) mass is 255 g/mol. The first-order valence-corrected chi connectivity index (χ1v) is 6.52. The highest BCUT2D eigenvalue weighted by molar-refractivity contribution is 5.26. The van der Waals surface area contributed by atoms with Crippen molar-refractivity contribution < 1.29 is 8.78 Å². The lowest BCUT2D eigenvalue weighted by Gasteiger charge is -2.19. The molecular weight excluding hydrogens is 232 g/mol. The summed E-state index contributed by atoms with van der Waals surface area (Å²) in [4.78, 5) is 0. The number of alkyl halides is 2. The zero-order valence-electron chi connectivity index (χ0n) is 11.4. The van der Waals surface area contributed by atoms with Crippen LogP contribution in [0.2, 0.25) is 0 Å². The lowest BCUT2D eigenvalue weighted by atomic mass is 9.95. The number of halogens is 2. The van der Waals surface area contributed by atoms with E-state index in [9.17, 15) is 8.78 Å². The van der Waals surface area contributed by atoms with Crippen molar-refractivity contribution in [1.29, 1.82) is 0 Å². The highest BCUT2D eigenvalue weighted by Gasteiger charge is 2.32. The van der Waals surface area contributed by atoms with Crippen molar-refractivity contribution >= 4 is 0 Å². The number of hydrogen-bond acceptors (Lipinski definition) is 1. The highest BCUT2D eigenvalue weighted by Crippen LogP contribution is 2.34. The van der Waals surface area contributed by atoms with Crippen LogP contribution in [0, 0.1) is 11.8 Å². The highest BCUT2D eigenvalue weighted by atomic mass is 19.3. The SMILES string of the molecule is CC(C)CC(F)(F)c1ccc(CC(C)CN)cc1. The molecule has 0 radical (unpaired) electrons. The zero-order chi connectivity index (χ0) is 13.8. The molecule has 18 heavy (non-hydrogen) atoms. The maximum atomic E-state index is 13.8. The van der Waals surface area contributed by atoms with Gasteiger partial charge in [0.2, 0.25) is 0 Å². The summed E-state index contributed by atoms with van der Waals surface area (Å²) in [7, 11) is 0. The molecule has 0 saturated carbocycles. The molecule has 0 fully saturated rings. The van der Waals surface area contributed by atoms with E-state index < -0.39 is 5.92 Å². The maximum absolute atomic E-state index is 13.8. The summed E-state index contributed by atoms with van der Waals surface area (Å²) >= 11 is 0. The van der Waals surface area contributed by atoms with Gasteiger partial charge in [0.1, 0.15) is 0 Å². The molecule has 0 heterocycles. The third-order valence-corrected chi connectivity index (χ3v) is 3.03. The van der Waals surface area contributed by atoms with Gasteiger partial charge < -0.3 is 5.73 Å². The summed E-state index contributed by atoms with van der Waals surface area (Å²) in [5, 5.41) is 0. The van der Waals surface area contributed by atoms with Gasteiger partial charge in [-0.2, -0.15) is 0 Å². The summed E-state index contributed by atoms with van der Waals surface area (Å²) in [6.45, 7) is 6.29. The van der Waals surface area contributed by atoms with Gasteiger partial charge in [0.15, 0.2) is 0 Å². The van der Waals surface area contributed by atoms with E-state index >= 15 is 0 Å². The lowest BCUT2D eigenvalue weighted by Crippen LogP contribution is -2.16. The van der Waals surface area contributed by atoms with Crippen LogP contribution in [0.25, 0.3) is 0 Å². The van der Waals surface area contributed by atoms with Crippen molar-refractivity contribution in [3.05, 3.63) is 35.4 Å². The second-order valence-electron chi connectivity index (χ2n) is 5.54. The average molecular weight is 255 g/mol. The van der Waals surface area contributed by atoms with Gasteiger partial charge >= 0.3 is 0 Å². The summed E-state index contributed by atoms with van der Waals surface area (Å²) in [6, 6.07) is 6.66. The van der Waals surface area contributed by atoms with E-state index in [4.69, 9.17) is 5.73 Å². The predicted octanol–water partition coefficient (Wildman–Crippen LogP) is 3.96. The molecule has 1 nitrogen and oxygen atoms in total. The van der Waals surface area contributed by atoms with E-state index in [1.807, 2.05) is 13.8 Å². The molecule has 1 unspecified atom stereocenters. The fraction of sp³-hybridized carbons (Fsp3) is 0.600. The molecule has 102 valence electrons. The Morgan fingerprint density at radius 3 is 2.11 bits per heavy atom. The Balaban J connectivity index is 2.75. The Labute approximate surface area is 108 Å². The van der Waals surface area contributed by atoms with Crippen molar-refractivity contribution in [2.75, 3.05) is 6.54 Å². The molecule has 0 amide bonds. The summed E-state index contributed by atoms with van der Waals surface area (Å²) < 4.78 is 27.7. The van der Waals surface area contributed by atoms with Gasteiger partial charge in [-0.05, 0) is 30.4 Å². The number of rotatable bonds is 6. The Morgan fingerprint density at radius 1 is 1.11 bits per heavy atom. The molecule has 0 aromatic heterocycles. The van der Waals surface area contributed by atoms with Crippen LogP contribution in [0.1, 0.15) is 38.3 Å². The van der Waals surface area contributed by atoms with Crippen molar-refractivity contribution in [2.45, 2.75) is 39.5 Å². The first kappa shape index (κ1) is 15.1. The number of benzene rings is 1. The predicted molar refractivity (Wildman–Crippen MR) is 71.7 cm³/mol. The molecular formula is C15H23F2N. The molecule has 0 spiro atoms. The molecule has 0 aliphatic heterocycles. The average Bonchev–Trinajstić information content (AvgIpc) is 2.28. The van der Waals surface area contributed by atoms with Gasteiger partial charge in [-0.3, -0.25) is 0 Å². The van der Waals surface area contributed by atoms with Crippen LogP contribution in [0.4, 0.5) is 8.78 Å². The molecule has 0 saturated heterocycles. The van der Waals surface area contributed by atoms with Crippen LogP contribution < -0.4 is 5.73 Å². The largest absolute Gasteiger partial charge is 0.330 e. The van der Waals surface area contributed by atoms with E-state index in [0.29, 0.717) is 12.5 Å². The number of nitrogens with two attached hydrogens (primary N) is 1. The Morgan fingerprint density at radius 2 is 1.67 bits per heavy atom. The molecule has 1 aromatic rings. The molecule has 1 aromatic carbocycles. The fourth-order valence-electron chi connectivity index (χ4n) is 2.00. The Kier molecular flexibility index (Phi) is 5.27. The van der Waals surface area contributed by atoms with Crippen LogP contribution in [0.5, 0.6) is 0 Å². The third-order valence-electron chi connectivity index (χ3n) is 3.03. The number of hydrogen-bond donors (Lipinski definition) is 1. The van der Waals surface area contributed by atoms with Crippen LogP contribution in [-0.4, -0.2) is 6.54 Å². The molecule has 1 atom stereocenters. The van der Waals surface area contributed by atoms with Gasteiger partial charge in [-0.1, -0.05) is 45.0 Å². The van der Waals surface area contributed by atoms with Crippen LogP contribution >= 0.6 is 0 Å². The van der Waals surface area contributed by atoms with Crippen molar-refractivity contribution in [2.24, 2.45) is 17.6 Å². The molecule has 2 N–H and O–H groups in total. The molecule has 3 heteroatoms. The van der Waals surface area contributed by atoms with Gasteiger partial charge in [0.05, 0.1) is 0 Å². The lowest BCUT2D eigenvalue weighted by molar-refractivity contribution is -0.0249. The zero-order valence-corrected chi connectivity index (χ0v) is 11.4. The minimum atomic E-state index is -2.73. The Bertz CT molecular complexity index is 357. The minimum Gasteiger partial charge on any atom is -0.330 e. The second-order valence-corrected chi connectivity index (χ2v) is 5.54. The minimum absolute atomic E-state index is 0.0167. The summed E-state index contributed by atoms with van der Waals surface area (Å²) in [5.41, 5.74) is 6.73. The van der Waals surface area contributed by atoms with Gasteiger partial charge in [-0.25, -0.2) is 8.78 Å². The molecule has 0 aliphatic carbocycles. The smallest absolute Gasteiger partial charge is 0.273 e. The van der Waals surface area contributed by atoms with E-state index in [0.717, 1.165) is 12.0 Å². The molecule has 0 aliphatic rings. The topological polar surface area (TPSA) is 26.0 Å². The van der Waals surface area contributed by atoms with Crippen molar-refractivity contribution in [3.63, 3.8) is 0 Å². The van der Waals surface area contributed by atoms with Crippen LogP contribution in [0.3, 0.4) is 0 Å². The second kappa shape index (κ2) is 6.28. The van der Waals surface area contributed by atoms with Gasteiger partial charge in [-0.15, -0.1) is 0 Å². The van der Waals surface area contributed by atoms with Crippen molar-refractivity contribution in [1.82, 2.24) is 0 Å². The van der Waals surface area contributed by atoms with E-state index in [1.165, 1.54) is 0 Å².